The average Bonchev–Trinajstić information content (AvgIpc) is 2.42. The van der Waals surface area contributed by atoms with Crippen molar-refractivity contribution in [1.82, 2.24) is 4.98 Å². The highest BCUT2D eigenvalue weighted by atomic mass is 19.1. The number of benzene rings is 1. The van der Waals surface area contributed by atoms with E-state index in [4.69, 9.17) is 0 Å². The van der Waals surface area contributed by atoms with Crippen molar-refractivity contribution in [1.29, 1.82) is 0 Å². The van der Waals surface area contributed by atoms with Crippen LogP contribution < -0.4 is 15.5 Å². The summed E-state index contributed by atoms with van der Waals surface area (Å²) >= 11 is 0. The lowest BCUT2D eigenvalue weighted by Crippen LogP contribution is -2.09. The van der Waals surface area contributed by atoms with Gasteiger partial charge in [-0.15, -0.1) is 0 Å². The minimum Gasteiger partial charge on any atom is -0.378 e. The molecule has 4 nitrogen and oxygen atoms in total. The summed E-state index contributed by atoms with van der Waals surface area (Å²) in [6.45, 7) is 0. The molecule has 20 heavy (non-hydrogen) atoms. The van der Waals surface area contributed by atoms with E-state index in [1.54, 1.807) is 6.07 Å². The van der Waals surface area contributed by atoms with Crippen molar-refractivity contribution in [2.24, 2.45) is 0 Å². The summed E-state index contributed by atoms with van der Waals surface area (Å²) < 4.78 is 27.0. The molecule has 0 aliphatic rings. The molecule has 0 saturated heterocycles. The molecule has 0 saturated carbocycles. The summed E-state index contributed by atoms with van der Waals surface area (Å²) in [4.78, 5) is 5.80. The molecule has 1 aromatic heterocycles. The van der Waals surface area contributed by atoms with E-state index in [9.17, 15) is 8.78 Å². The van der Waals surface area contributed by atoms with Gasteiger partial charge in [0.05, 0.1) is 0 Å². The fraction of sp³-hybridized carbons (Fsp3) is 0.214. The third-order valence-electron chi connectivity index (χ3n) is 2.79. The molecule has 6 heteroatoms. The lowest BCUT2D eigenvalue weighted by molar-refractivity contribution is 0.580. The van der Waals surface area contributed by atoms with Gasteiger partial charge in [-0.2, -0.15) is 0 Å². The van der Waals surface area contributed by atoms with Crippen molar-refractivity contribution in [2.45, 2.75) is 0 Å². The molecule has 0 aliphatic carbocycles. The van der Waals surface area contributed by atoms with Gasteiger partial charge >= 0.3 is 0 Å². The van der Waals surface area contributed by atoms with Crippen molar-refractivity contribution in [2.75, 3.05) is 36.7 Å². The van der Waals surface area contributed by atoms with Crippen molar-refractivity contribution >= 4 is 23.0 Å². The van der Waals surface area contributed by atoms with Crippen LogP contribution in [0, 0.1) is 11.6 Å². The Balaban J connectivity index is 2.32. The summed E-state index contributed by atoms with van der Waals surface area (Å²) in [5.41, 5.74) is 1.64. The highest BCUT2D eigenvalue weighted by Gasteiger charge is 2.11. The molecule has 1 heterocycles. The maximum Gasteiger partial charge on any atom is 0.169 e. The van der Waals surface area contributed by atoms with E-state index in [1.807, 2.05) is 37.2 Å². The smallest absolute Gasteiger partial charge is 0.169 e. The number of pyridine rings is 1. The average molecular weight is 278 g/mol. The molecule has 0 aliphatic heterocycles. The predicted molar refractivity (Wildman–Crippen MR) is 77.8 cm³/mol. The molecule has 106 valence electrons. The molecule has 0 spiro atoms. The van der Waals surface area contributed by atoms with Crippen LogP contribution in [0.15, 0.2) is 30.3 Å². The molecule has 0 atom stereocenters. The molecule has 0 radical (unpaired) electrons. The topological polar surface area (TPSA) is 40.2 Å². The second-order valence-electron chi connectivity index (χ2n) is 4.47. The van der Waals surface area contributed by atoms with Crippen LogP contribution >= 0.6 is 0 Å². The minimum absolute atomic E-state index is 0.00216. The molecule has 0 bridgehead atoms. The normalized spacial score (nSPS) is 10.2. The fourth-order valence-electron chi connectivity index (χ4n) is 1.73. The maximum absolute atomic E-state index is 13.7. The van der Waals surface area contributed by atoms with Crippen LogP contribution in [0.2, 0.25) is 0 Å². The van der Waals surface area contributed by atoms with Crippen LogP contribution in [0.25, 0.3) is 0 Å². The second-order valence-corrected chi connectivity index (χ2v) is 4.47. The molecule has 2 aromatic rings. The molecule has 2 N–H and O–H groups in total. The van der Waals surface area contributed by atoms with Gasteiger partial charge in [0.2, 0.25) is 0 Å². The van der Waals surface area contributed by atoms with Crippen LogP contribution in [0.3, 0.4) is 0 Å². The zero-order chi connectivity index (χ0) is 14.7. The molecule has 0 unspecified atom stereocenters. The highest BCUT2D eigenvalue weighted by Crippen LogP contribution is 2.24. The third-order valence-corrected chi connectivity index (χ3v) is 2.79. The highest BCUT2D eigenvalue weighted by molar-refractivity contribution is 5.64. The number of aromatic nitrogens is 1. The number of nitrogens with one attached hydrogen (secondary N) is 2. The van der Waals surface area contributed by atoms with Crippen LogP contribution in [0.5, 0.6) is 0 Å². The SMILES string of the molecule is CNc1nc(Nc2cccc(N(C)C)c2)c(F)cc1F. The molecular weight excluding hydrogens is 262 g/mol. The Hall–Kier alpha value is -2.37. The first-order valence-electron chi connectivity index (χ1n) is 6.09. The van der Waals surface area contributed by atoms with Gasteiger partial charge in [0.1, 0.15) is 0 Å². The summed E-state index contributed by atoms with van der Waals surface area (Å²) in [5.74, 6) is -1.49. The first-order valence-corrected chi connectivity index (χ1v) is 6.09. The van der Waals surface area contributed by atoms with E-state index in [-0.39, 0.29) is 11.6 Å². The zero-order valence-corrected chi connectivity index (χ0v) is 11.5. The molecule has 0 amide bonds. The van der Waals surface area contributed by atoms with Crippen molar-refractivity contribution in [3.63, 3.8) is 0 Å². The van der Waals surface area contributed by atoms with Crippen LogP contribution in [-0.2, 0) is 0 Å². The number of anilines is 4. The minimum atomic E-state index is -0.739. The number of hydrogen-bond acceptors (Lipinski definition) is 4. The summed E-state index contributed by atoms with van der Waals surface area (Å²) in [7, 11) is 5.35. The Morgan fingerprint density at radius 3 is 2.40 bits per heavy atom. The maximum atomic E-state index is 13.7. The number of halogens is 2. The van der Waals surface area contributed by atoms with E-state index in [1.165, 1.54) is 7.05 Å². The van der Waals surface area contributed by atoms with Gasteiger partial charge in [-0.05, 0) is 18.2 Å². The first kappa shape index (κ1) is 14.0. The second kappa shape index (κ2) is 5.73. The van der Waals surface area contributed by atoms with E-state index in [0.29, 0.717) is 5.69 Å². The first-order chi connectivity index (χ1) is 9.51. The number of hydrogen-bond donors (Lipinski definition) is 2. The number of rotatable bonds is 4. The van der Waals surface area contributed by atoms with Crippen molar-refractivity contribution < 1.29 is 8.78 Å². The standard InChI is InChI=1S/C14H16F2N4/c1-17-13-11(15)8-12(16)14(19-13)18-9-5-4-6-10(7-9)20(2)3/h4-8H,1-3H3,(H2,17,18,19). The van der Waals surface area contributed by atoms with Gasteiger partial charge in [0.25, 0.3) is 0 Å². The van der Waals surface area contributed by atoms with E-state index < -0.39 is 11.6 Å². The monoisotopic (exact) mass is 278 g/mol. The number of nitrogens with zero attached hydrogens (tertiary/aromatic N) is 2. The Labute approximate surface area is 116 Å². The van der Waals surface area contributed by atoms with Gasteiger partial charge in [0.15, 0.2) is 23.3 Å². The summed E-state index contributed by atoms with van der Waals surface area (Å²) in [5, 5.41) is 5.43. The van der Waals surface area contributed by atoms with Gasteiger partial charge in [-0.3, -0.25) is 0 Å². The quantitative estimate of drug-likeness (QED) is 0.901. The Morgan fingerprint density at radius 2 is 1.75 bits per heavy atom. The summed E-state index contributed by atoms with van der Waals surface area (Å²) in [6, 6.07) is 8.22. The van der Waals surface area contributed by atoms with Crippen LogP contribution in [-0.4, -0.2) is 26.1 Å². The lowest BCUT2D eigenvalue weighted by Gasteiger charge is -2.15. The van der Waals surface area contributed by atoms with Gasteiger partial charge in [-0.25, -0.2) is 13.8 Å². The largest absolute Gasteiger partial charge is 0.378 e. The Morgan fingerprint density at radius 1 is 1.05 bits per heavy atom. The van der Waals surface area contributed by atoms with Crippen molar-refractivity contribution in [3.8, 4) is 0 Å². The van der Waals surface area contributed by atoms with Gasteiger partial charge in [0, 0.05) is 38.6 Å². The lowest BCUT2D eigenvalue weighted by atomic mass is 10.2. The molecule has 2 rings (SSSR count). The van der Waals surface area contributed by atoms with Crippen molar-refractivity contribution in [3.05, 3.63) is 42.0 Å². The third kappa shape index (κ3) is 2.96. The Bertz CT molecular complexity index is 614. The van der Waals surface area contributed by atoms with E-state index in [2.05, 4.69) is 15.6 Å². The zero-order valence-electron chi connectivity index (χ0n) is 11.5. The molecular formula is C14H16F2N4. The van der Waals surface area contributed by atoms with E-state index in [0.717, 1.165) is 11.8 Å². The molecule has 0 fully saturated rings. The summed E-state index contributed by atoms with van der Waals surface area (Å²) in [6.07, 6.45) is 0. The van der Waals surface area contributed by atoms with Gasteiger partial charge < -0.3 is 15.5 Å². The van der Waals surface area contributed by atoms with Gasteiger partial charge in [-0.1, -0.05) is 6.07 Å². The molecule has 1 aromatic carbocycles. The van der Waals surface area contributed by atoms with E-state index >= 15 is 0 Å². The van der Waals surface area contributed by atoms with Crippen LogP contribution in [0.1, 0.15) is 0 Å². The van der Waals surface area contributed by atoms with Crippen LogP contribution in [0.4, 0.5) is 31.8 Å². The fourth-order valence-corrected chi connectivity index (χ4v) is 1.73. The predicted octanol–water partition coefficient (Wildman–Crippen LogP) is 3.21. The Kier molecular flexibility index (Phi) is 4.02.